The Kier molecular flexibility index (Phi) is 5.14. The van der Waals surface area contributed by atoms with Crippen LogP contribution in [-0.4, -0.2) is 17.1 Å². The van der Waals surface area contributed by atoms with Gasteiger partial charge in [-0.2, -0.15) is 0 Å². The molecule has 1 unspecified atom stereocenters. The van der Waals surface area contributed by atoms with Crippen LogP contribution in [0.2, 0.25) is 10.0 Å². The number of hydrogen-bond donors (Lipinski definition) is 2. The number of benzene rings is 1. The standard InChI is InChI=1S/C13H14Cl2N4O/c1-20-12-6-10(17-7-18-12)11(19-16)5-8-3-2-4-9(14)13(8)15/h2-4,6-7,11,19H,5,16H2,1H3. The van der Waals surface area contributed by atoms with Crippen molar-refractivity contribution in [2.24, 2.45) is 5.84 Å². The summed E-state index contributed by atoms with van der Waals surface area (Å²) >= 11 is 12.2. The molecule has 2 rings (SSSR count). The number of methoxy groups -OCH3 is 1. The van der Waals surface area contributed by atoms with Crippen LogP contribution in [-0.2, 0) is 6.42 Å². The quantitative estimate of drug-likeness (QED) is 0.655. The number of rotatable bonds is 5. The van der Waals surface area contributed by atoms with Gasteiger partial charge in [-0.25, -0.2) is 9.97 Å². The first-order valence-corrected chi connectivity index (χ1v) is 6.66. The molecule has 0 aliphatic rings. The van der Waals surface area contributed by atoms with Gasteiger partial charge in [-0.3, -0.25) is 11.3 Å². The van der Waals surface area contributed by atoms with E-state index in [4.69, 9.17) is 33.8 Å². The summed E-state index contributed by atoms with van der Waals surface area (Å²) in [5.74, 6) is 6.08. The Labute approximate surface area is 127 Å². The molecule has 5 nitrogen and oxygen atoms in total. The first-order chi connectivity index (χ1) is 9.65. The molecule has 1 atom stereocenters. The lowest BCUT2D eigenvalue weighted by molar-refractivity contribution is 0.393. The second-order valence-electron chi connectivity index (χ2n) is 4.12. The number of hydrogen-bond acceptors (Lipinski definition) is 5. The Morgan fingerprint density at radius 3 is 2.85 bits per heavy atom. The van der Waals surface area contributed by atoms with Crippen LogP contribution in [0, 0.1) is 0 Å². The molecule has 0 aliphatic carbocycles. The maximum atomic E-state index is 6.18. The van der Waals surface area contributed by atoms with Gasteiger partial charge in [0.1, 0.15) is 6.33 Å². The fraction of sp³-hybridized carbons (Fsp3) is 0.231. The fourth-order valence-corrected chi connectivity index (χ4v) is 2.23. The topological polar surface area (TPSA) is 73.1 Å². The molecule has 20 heavy (non-hydrogen) atoms. The van der Waals surface area contributed by atoms with Gasteiger partial charge in [-0.15, -0.1) is 0 Å². The van der Waals surface area contributed by atoms with E-state index in [-0.39, 0.29) is 6.04 Å². The molecular formula is C13H14Cl2N4O. The number of ether oxygens (including phenoxy) is 1. The van der Waals surface area contributed by atoms with Crippen LogP contribution in [0.25, 0.3) is 0 Å². The maximum absolute atomic E-state index is 6.18. The fourth-order valence-electron chi connectivity index (χ4n) is 1.83. The van der Waals surface area contributed by atoms with E-state index < -0.39 is 0 Å². The third kappa shape index (κ3) is 3.37. The van der Waals surface area contributed by atoms with Crippen molar-refractivity contribution in [2.75, 3.05) is 7.11 Å². The van der Waals surface area contributed by atoms with Crippen molar-refractivity contribution in [1.29, 1.82) is 0 Å². The van der Waals surface area contributed by atoms with Crippen molar-refractivity contribution < 1.29 is 4.74 Å². The van der Waals surface area contributed by atoms with E-state index in [1.165, 1.54) is 6.33 Å². The molecule has 106 valence electrons. The summed E-state index contributed by atoms with van der Waals surface area (Å²) in [6, 6.07) is 6.99. The molecule has 3 N–H and O–H groups in total. The molecule has 0 fully saturated rings. The minimum atomic E-state index is -0.220. The molecule has 7 heteroatoms. The van der Waals surface area contributed by atoms with Gasteiger partial charge < -0.3 is 4.74 Å². The first kappa shape index (κ1) is 15.0. The summed E-state index contributed by atoms with van der Waals surface area (Å²) < 4.78 is 5.08. The Hall–Kier alpha value is -1.40. The molecule has 0 saturated carbocycles. The van der Waals surface area contributed by atoms with Gasteiger partial charge in [0.15, 0.2) is 0 Å². The average molecular weight is 313 g/mol. The normalized spacial score (nSPS) is 12.2. The van der Waals surface area contributed by atoms with Gasteiger partial charge in [0, 0.05) is 6.07 Å². The highest BCUT2D eigenvalue weighted by Crippen LogP contribution is 2.29. The van der Waals surface area contributed by atoms with E-state index >= 15 is 0 Å². The van der Waals surface area contributed by atoms with Crippen LogP contribution in [0.15, 0.2) is 30.6 Å². The van der Waals surface area contributed by atoms with Gasteiger partial charge in [0.25, 0.3) is 0 Å². The number of aromatic nitrogens is 2. The van der Waals surface area contributed by atoms with Crippen molar-refractivity contribution in [2.45, 2.75) is 12.5 Å². The molecule has 1 aromatic heterocycles. The van der Waals surface area contributed by atoms with Gasteiger partial charge in [-0.05, 0) is 18.1 Å². The Balaban J connectivity index is 2.26. The summed E-state index contributed by atoms with van der Waals surface area (Å²) in [6.07, 6.45) is 1.98. The highest BCUT2D eigenvalue weighted by Gasteiger charge is 2.16. The second-order valence-corrected chi connectivity index (χ2v) is 4.91. The molecule has 0 aliphatic heterocycles. The summed E-state index contributed by atoms with van der Waals surface area (Å²) in [5.41, 5.74) is 4.32. The number of nitrogens with zero attached hydrogens (tertiary/aromatic N) is 2. The van der Waals surface area contributed by atoms with Gasteiger partial charge in [-0.1, -0.05) is 35.3 Å². The highest BCUT2D eigenvalue weighted by molar-refractivity contribution is 6.42. The van der Waals surface area contributed by atoms with Crippen LogP contribution in [0.1, 0.15) is 17.3 Å². The SMILES string of the molecule is COc1cc(C(Cc2cccc(Cl)c2Cl)NN)ncn1. The van der Waals surface area contributed by atoms with E-state index in [0.29, 0.717) is 22.3 Å². The van der Waals surface area contributed by atoms with Crippen LogP contribution < -0.4 is 16.0 Å². The largest absolute Gasteiger partial charge is 0.481 e. The van der Waals surface area contributed by atoms with Crippen molar-refractivity contribution in [1.82, 2.24) is 15.4 Å². The average Bonchev–Trinajstić information content (AvgIpc) is 2.49. The number of hydrazine groups is 1. The Bertz CT molecular complexity index is 594. The van der Waals surface area contributed by atoms with Crippen LogP contribution in [0.3, 0.4) is 0 Å². The Morgan fingerprint density at radius 1 is 1.35 bits per heavy atom. The lowest BCUT2D eigenvalue weighted by Gasteiger charge is -2.16. The predicted octanol–water partition coefficient (Wildman–Crippen LogP) is 2.54. The molecular weight excluding hydrogens is 299 g/mol. The Morgan fingerprint density at radius 2 is 2.15 bits per heavy atom. The second kappa shape index (κ2) is 6.85. The van der Waals surface area contributed by atoms with Crippen LogP contribution >= 0.6 is 23.2 Å². The number of nitrogens with one attached hydrogen (secondary N) is 1. The van der Waals surface area contributed by atoms with E-state index in [9.17, 15) is 0 Å². The van der Waals surface area contributed by atoms with Crippen molar-refractivity contribution >= 4 is 23.2 Å². The molecule has 0 amide bonds. The zero-order valence-electron chi connectivity index (χ0n) is 10.8. The number of nitrogens with two attached hydrogens (primary N) is 1. The third-order valence-corrected chi connectivity index (χ3v) is 3.74. The zero-order chi connectivity index (χ0) is 14.5. The smallest absolute Gasteiger partial charge is 0.216 e. The molecule has 2 aromatic rings. The summed E-state index contributed by atoms with van der Waals surface area (Å²) in [4.78, 5) is 8.16. The third-order valence-electron chi connectivity index (χ3n) is 2.89. The van der Waals surface area contributed by atoms with Gasteiger partial charge >= 0.3 is 0 Å². The minimum absolute atomic E-state index is 0.220. The molecule has 0 saturated heterocycles. The molecule has 0 bridgehead atoms. The monoisotopic (exact) mass is 312 g/mol. The van der Waals surface area contributed by atoms with Crippen LogP contribution in [0.4, 0.5) is 0 Å². The molecule has 1 heterocycles. The van der Waals surface area contributed by atoms with E-state index in [2.05, 4.69) is 15.4 Å². The highest BCUT2D eigenvalue weighted by atomic mass is 35.5. The minimum Gasteiger partial charge on any atom is -0.481 e. The van der Waals surface area contributed by atoms with Gasteiger partial charge in [0.2, 0.25) is 5.88 Å². The summed E-state index contributed by atoms with van der Waals surface area (Å²) in [7, 11) is 1.55. The maximum Gasteiger partial charge on any atom is 0.216 e. The predicted molar refractivity (Wildman–Crippen MR) is 78.8 cm³/mol. The molecule has 0 radical (unpaired) electrons. The van der Waals surface area contributed by atoms with Crippen LogP contribution in [0.5, 0.6) is 5.88 Å². The lowest BCUT2D eigenvalue weighted by atomic mass is 10.0. The number of halogens is 2. The van der Waals surface area contributed by atoms with Crippen molar-refractivity contribution in [3.8, 4) is 5.88 Å². The molecule has 1 aromatic carbocycles. The van der Waals surface area contributed by atoms with E-state index in [0.717, 1.165) is 11.3 Å². The van der Waals surface area contributed by atoms with E-state index in [1.54, 1.807) is 19.2 Å². The van der Waals surface area contributed by atoms with Crippen molar-refractivity contribution in [3.05, 3.63) is 51.9 Å². The summed E-state index contributed by atoms with van der Waals surface area (Å²) in [5, 5.41) is 1.04. The van der Waals surface area contributed by atoms with E-state index in [1.807, 2.05) is 12.1 Å². The first-order valence-electron chi connectivity index (χ1n) is 5.90. The van der Waals surface area contributed by atoms with Crippen molar-refractivity contribution in [3.63, 3.8) is 0 Å². The zero-order valence-corrected chi connectivity index (χ0v) is 12.3. The molecule has 0 spiro atoms. The lowest BCUT2D eigenvalue weighted by Crippen LogP contribution is -2.30. The summed E-state index contributed by atoms with van der Waals surface area (Å²) in [6.45, 7) is 0. The van der Waals surface area contributed by atoms with Gasteiger partial charge in [0.05, 0.1) is 28.9 Å².